The zero-order valence-electron chi connectivity index (χ0n) is 11.2. The van der Waals surface area contributed by atoms with Gasteiger partial charge in [-0.1, -0.05) is 13.0 Å². The molecule has 0 spiro atoms. The maximum Gasteiger partial charge on any atom is 0.109 e. The lowest BCUT2D eigenvalue weighted by Gasteiger charge is -2.08. The van der Waals surface area contributed by atoms with Gasteiger partial charge in [0.1, 0.15) is 5.82 Å². The van der Waals surface area contributed by atoms with Gasteiger partial charge in [0.05, 0.1) is 11.0 Å². The number of benzene rings is 1. The normalized spacial score (nSPS) is 19.8. The second-order valence-electron chi connectivity index (χ2n) is 5.33. The molecule has 1 unspecified atom stereocenters. The lowest BCUT2D eigenvalue weighted by molar-refractivity contribution is 0.580. The molecule has 1 atom stereocenters. The van der Waals surface area contributed by atoms with Gasteiger partial charge in [-0.25, -0.2) is 4.98 Å². The molecule has 2 heterocycles. The van der Waals surface area contributed by atoms with E-state index in [1.54, 1.807) is 0 Å². The molecule has 0 amide bonds. The summed E-state index contributed by atoms with van der Waals surface area (Å²) in [5.74, 6) is 1.98. The molecule has 3 heteroatoms. The number of rotatable bonds is 3. The monoisotopic (exact) mass is 243 g/mol. The van der Waals surface area contributed by atoms with Crippen LogP contribution >= 0.6 is 0 Å². The van der Waals surface area contributed by atoms with Gasteiger partial charge >= 0.3 is 0 Å². The summed E-state index contributed by atoms with van der Waals surface area (Å²) < 4.78 is 2.23. The fraction of sp³-hybridized carbons (Fsp3) is 0.533. The van der Waals surface area contributed by atoms with Crippen LogP contribution in [-0.2, 0) is 19.9 Å². The van der Waals surface area contributed by atoms with E-state index < -0.39 is 0 Å². The summed E-state index contributed by atoms with van der Waals surface area (Å²) in [6.45, 7) is 4.51. The number of aromatic nitrogens is 2. The Kier molecular flexibility index (Phi) is 3.08. The molecule has 1 saturated heterocycles. The van der Waals surface area contributed by atoms with Crippen LogP contribution in [0.2, 0.25) is 0 Å². The van der Waals surface area contributed by atoms with Crippen LogP contribution in [0.25, 0.3) is 11.0 Å². The first kappa shape index (κ1) is 11.7. The highest BCUT2D eigenvalue weighted by Gasteiger charge is 2.15. The van der Waals surface area contributed by atoms with Crippen molar-refractivity contribution in [3.8, 4) is 0 Å². The predicted octanol–water partition coefficient (Wildman–Crippen LogP) is 2.29. The second kappa shape index (κ2) is 4.73. The molecule has 18 heavy (non-hydrogen) atoms. The Bertz CT molecular complexity index is 550. The summed E-state index contributed by atoms with van der Waals surface area (Å²) in [6, 6.07) is 6.74. The number of imidazole rings is 1. The third-order valence-electron chi connectivity index (χ3n) is 4.04. The number of nitrogens with zero attached hydrogens (tertiary/aromatic N) is 2. The minimum Gasteiger partial charge on any atom is -0.331 e. The van der Waals surface area contributed by atoms with Crippen molar-refractivity contribution in [3.05, 3.63) is 29.6 Å². The molecule has 0 radical (unpaired) electrons. The quantitative estimate of drug-likeness (QED) is 0.896. The molecule has 3 rings (SSSR count). The van der Waals surface area contributed by atoms with Crippen LogP contribution in [0, 0.1) is 5.92 Å². The first-order chi connectivity index (χ1) is 8.78. The third kappa shape index (κ3) is 2.03. The topological polar surface area (TPSA) is 29.9 Å². The van der Waals surface area contributed by atoms with Crippen molar-refractivity contribution in [2.24, 2.45) is 13.0 Å². The van der Waals surface area contributed by atoms with Crippen LogP contribution in [0.1, 0.15) is 24.7 Å². The summed E-state index contributed by atoms with van der Waals surface area (Å²) in [6.07, 6.45) is 3.49. The van der Waals surface area contributed by atoms with Gasteiger partial charge in [-0.05, 0) is 49.5 Å². The molecular weight excluding hydrogens is 222 g/mol. The SMILES string of the molecule is CCc1nc2ccc(CC3CCNC3)cc2n1C. The molecule has 2 aromatic rings. The zero-order valence-corrected chi connectivity index (χ0v) is 11.2. The van der Waals surface area contributed by atoms with Crippen LogP contribution < -0.4 is 5.32 Å². The lowest BCUT2D eigenvalue weighted by Crippen LogP contribution is -2.10. The number of hydrogen-bond acceptors (Lipinski definition) is 2. The van der Waals surface area contributed by atoms with Gasteiger partial charge in [-0.2, -0.15) is 0 Å². The van der Waals surface area contributed by atoms with Crippen molar-refractivity contribution in [2.45, 2.75) is 26.2 Å². The minimum absolute atomic E-state index is 0.807. The third-order valence-corrected chi connectivity index (χ3v) is 4.04. The first-order valence-corrected chi connectivity index (χ1v) is 6.93. The van der Waals surface area contributed by atoms with Gasteiger partial charge in [0.25, 0.3) is 0 Å². The molecule has 96 valence electrons. The van der Waals surface area contributed by atoms with Crippen LogP contribution in [0.5, 0.6) is 0 Å². The van der Waals surface area contributed by atoms with E-state index in [9.17, 15) is 0 Å². The summed E-state index contributed by atoms with van der Waals surface area (Å²) in [7, 11) is 2.12. The lowest BCUT2D eigenvalue weighted by atomic mass is 9.98. The standard InChI is InChI=1S/C15H21N3/c1-3-15-17-13-5-4-11(9-14(13)18(15)2)8-12-6-7-16-10-12/h4-5,9,12,16H,3,6-8,10H2,1-2H3. The molecule has 1 aromatic carbocycles. The van der Waals surface area contributed by atoms with E-state index in [1.165, 1.54) is 42.8 Å². The Morgan fingerprint density at radius 3 is 3.06 bits per heavy atom. The van der Waals surface area contributed by atoms with E-state index in [0.717, 1.165) is 17.9 Å². The Labute approximate surface area is 108 Å². The van der Waals surface area contributed by atoms with Crippen LogP contribution in [0.3, 0.4) is 0 Å². The molecule has 1 N–H and O–H groups in total. The number of aryl methyl sites for hydroxylation is 2. The second-order valence-corrected chi connectivity index (χ2v) is 5.33. The van der Waals surface area contributed by atoms with E-state index in [1.807, 2.05) is 0 Å². The van der Waals surface area contributed by atoms with E-state index in [0.29, 0.717) is 0 Å². The highest BCUT2D eigenvalue weighted by molar-refractivity contribution is 5.76. The maximum absolute atomic E-state index is 4.65. The van der Waals surface area contributed by atoms with Gasteiger partial charge in [-0.3, -0.25) is 0 Å². The highest BCUT2D eigenvalue weighted by atomic mass is 15.1. The fourth-order valence-electron chi connectivity index (χ4n) is 2.95. The average molecular weight is 243 g/mol. The van der Waals surface area contributed by atoms with Crippen molar-refractivity contribution in [3.63, 3.8) is 0 Å². The maximum atomic E-state index is 4.65. The molecule has 0 bridgehead atoms. The van der Waals surface area contributed by atoms with Gasteiger partial charge in [0.2, 0.25) is 0 Å². The van der Waals surface area contributed by atoms with Gasteiger partial charge in [0.15, 0.2) is 0 Å². The zero-order chi connectivity index (χ0) is 12.5. The van der Waals surface area contributed by atoms with Crippen molar-refractivity contribution >= 4 is 11.0 Å². The van der Waals surface area contributed by atoms with Crippen molar-refractivity contribution < 1.29 is 0 Å². The van der Waals surface area contributed by atoms with Crippen LogP contribution in [0.15, 0.2) is 18.2 Å². The highest BCUT2D eigenvalue weighted by Crippen LogP contribution is 2.21. The molecule has 1 aliphatic rings. The minimum atomic E-state index is 0.807. The molecular formula is C15H21N3. The molecule has 1 aliphatic heterocycles. The number of nitrogens with one attached hydrogen (secondary N) is 1. The van der Waals surface area contributed by atoms with Gasteiger partial charge in [0, 0.05) is 13.5 Å². The van der Waals surface area contributed by atoms with E-state index >= 15 is 0 Å². The smallest absolute Gasteiger partial charge is 0.109 e. The first-order valence-electron chi connectivity index (χ1n) is 6.93. The van der Waals surface area contributed by atoms with Gasteiger partial charge < -0.3 is 9.88 Å². The Morgan fingerprint density at radius 1 is 1.44 bits per heavy atom. The number of hydrogen-bond donors (Lipinski definition) is 1. The molecule has 1 aromatic heterocycles. The fourth-order valence-corrected chi connectivity index (χ4v) is 2.95. The summed E-state index contributed by atoms with van der Waals surface area (Å²) >= 11 is 0. The molecule has 0 aliphatic carbocycles. The van der Waals surface area contributed by atoms with Crippen LogP contribution in [0.4, 0.5) is 0 Å². The Hall–Kier alpha value is -1.35. The summed E-state index contributed by atoms with van der Waals surface area (Å²) in [4.78, 5) is 4.65. The van der Waals surface area contributed by atoms with Crippen molar-refractivity contribution in [2.75, 3.05) is 13.1 Å². The number of fused-ring (bicyclic) bond motifs is 1. The van der Waals surface area contributed by atoms with E-state index in [2.05, 4.69) is 47.0 Å². The molecule has 0 saturated carbocycles. The van der Waals surface area contributed by atoms with E-state index in [-0.39, 0.29) is 0 Å². The average Bonchev–Trinajstić information content (AvgIpc) is 2.99. The van der Waals surface area contributed by atoms with Crippen LogP contribution in [-0.4, -0.2) is 22.6 Å². The van der Waals surface area contributed by atoms with Crippen molar-refractivity contribution in [1.29, 1.82) is 0 Å². The molecule has 1 fully saturated rings. The molecule has 3 nitrogen and oxygen atoms in total. The Morgan fingerprint density at radius 2 is 2.33 bits per heavy atom. The summed E-state index contributed by atoms with van der Waals surface area (Å²) in [5.41, 5.74) is 3.85. The summed E-state index contributed by atoms with van der Waals surface area (Å²) in [5, 5.41) is 3.44. The Balaban J connectivity index is 1.91. The predicted molar refractivity (Wildman–Crippen MR) is 74.8 cm³/mol. The largest absolute Gasteiger partial charge is 0.331 e. The van der Waals surface area contributed by atoms with Gasteiger partial charge in [-0.15, -0.1) is 0 Å². The van der Waals surface area contributed by atoms with E-state index in [4.69, 9.17) is 0 Å². The van der Waals surface area contributed by atoms with Crippen molar-refractivity contribution in [1.82, 2.24) is 14.9 Å².